The molecule has 0 radical (unpaired) electrons. The van der Waals surface area contributed by atoms with Crippen molar-refractivity contribution in [3.05, 3.63) is 0 Å². The van der Waals surface area contributed by atoms with Crippen molar-refractivity contribution < 1.29 is 0 Å². The summed E-state index contributed by atoms with van der Waals surface area (Å²) in [6, 6.07) is 1.21. The molecule has 0 saturated heterocycles. The van der Waals surface area contributed by atoms with Gasteiger partial charge in [-0.2, -0.15) is 0 Å². The van der Waals surface area contributed by atoms with Crippen LogP contribution in [0.3, 0.4) is 0 Å². The predicted molar refractivity (Wildman–Crippen MR) is 103 cm³/mol. The van der Waals surface area contributed by atoms with Crippen LogP contribution in [-0.4, -0.2) is 74.7 Å². The maximum atomic E-state index is 4.30. The fourth-order valence-corrected chi connectivity index (χ4v) is 2.71. The summed E-state index contributed by atoms with van der Waals surface area (Å²) in [6.07, 6.45) is 3.66. The molecule has 5 nitrogen and oxygen atoms in total. The molecule has 0 aromatic rings. The van der Waals surface area contributed by atoms with E-state index in [1.54, 1.807) is 0 Å². The first-order valence-electron chi connectivity index (χ1n) is 9.31. The molecule has 5 heteroatoms. The Morgan fingerprint density at radius 2 is 1.52 bits per heavy atom. The van der Waals surface area contributed by atoms with Crippen molar-refractivity contribution in [2.24, 2.45) is 4.99 Å². The molecule has 0 aliphatic rings. The predicted octanol–water partition coefficient (Wildman–Crippen LogP) is 2.39. The Kier molecular flexibility index (Phi) is 13.1. The van der Waals surface area contributed by atoms with Gasteiger partial charge in [0.05, 0.1) is 0 Å². The highest BCUT2D eigenvalue weighted by atomic mass is 15.2. The molecule has 0 rings (SSSR count). The normalized spacial score (nSPS) is 12.7. The van der Waals surface area contributed by atoms with E-state index in [0.717, 1.165) is 38.6 Å². The van der Waals surface area contributed by atoms with Crippen LogP contribution in [-0.2, 0) is 0 Å². The van der Waals surface area contributed by atoms with Gasteiger partial charge >= 0.3 is 0 Å². The van der Waals surface area contributed by atoms with Crippen LogP contribution in [0, 0.1) is 0 Å². The van der Waals surface area contributed by atoms with Gasteiger partial charge in [-0.3, -0.25) is 9.89 Å². The average Bonchev–Trinajstić information content (AvgIpc) is 2.50. The lowest BCUT2D eigenvalue weighted by Gasteiger charge is -2.30. The molecule has 23 heavy (non-hydrogen) atoms. The number of nitrogens with one attached hydrogen (secondary N) is 2. The molecule has 0 heterocycles. The molecule has 0 spiro atoms. The minimum atomic E-state index is 0.603. The average molecular weight is 328 g/mol. The van der Waals surface area contributed by atoms with Crippen molar-refractivity contribution in [1.82, 2.24) is 20.4 Å². The molecular weight excluding hydrogens is 286 g/mol. The summed E-state index contributed by atoms with van der Waals surface area (Å²) in [5.41, 5.74) is 0. The third kappa shape index (κ3) is 11.4. The molecular formula is C18H41N5. The van der Waals surface area contributed by atoms with Crippen LogP contribution in [0.1, 0.15) is 53.9 Å². The number of nitrogens with zero attached hydrogens (tertiary/aromatic N) is 3. The number of aliphatic imine (C=N–C) groups is 1. The topological polar surface area (TPSA) is 42.9 Å². The van der Waals surface area contributed by atoms with E-state index in [1.165, 1.54) is 19.4 Å². The number of rotatable bonds is 12. The Bertz CT molecular complexity index is 294. The number of unbranched alkanes of at least 4 members (excludes halogenated alkanes) is 1. The van der Waals surface area contributed by atoms with Crippen molar-refractivity contribution in [1.29, 1.82) is 0 Å². The summed E-state index contributed by atoms with van der Waals surface area (Å²) in [5, 5.41) is 6.81. The second-order valence-corrected chi connectivity index (χ2v) is 6.86. The van der Waals surface area contributed by atoms with Crippen molar-refractivity contribution in [2.75, 3.05) is 46.8 Å². The van der Waals surface area contributed by atoms with Gasteiger partial charge in [-0.25, -0.2) is 0 Å². The van der Waals surface area contributed by atoms with Gasteiger partial charge in [0.1, 0.15) is 0 Å². The first-order chi connectivity index (χ1) is 10.9. The fourth-order valence-electron chi connectivity index (χ4n) is 2.71. The van der Waals surface area contributed by atoms with E-state index < -0.39 is 0 Å². The molecule has 2 N–H and O–H groups in total. The lowest BCUT2D eigenvalue weighted by molar-refractivity contribution is 0.173. The van der Waals surface area contributed by atoms with E-state index in [1.807, 2.05) is 7.05 Å². The molecule has 0 aromatic heterocycles. The zero-order chi connectivity index (χ0) is 17.7. The zero-order valence-corrected chi connectivity index (χ0v) is 16.7. The van der Waals surface area contributed by atoms with Crippen LogP contribution in [0.2, 0.25) is 0 Å². The Balaban J connectivity index is 3.86. The molecule has 0 atom stereocenters. The van der Waals surface area contributed by atoms with E-state index in [0.29, 0.717) is 12.1 Å². The van der Waals surface area contributed by atoms with Gasteiger partial charge in [0.25, 0.3) is 0 Å². The first-order valence-corrected chi connectivity index (χ1v) is 9.31. The lowest BCUT2D eigenvalue weighted by atomic mass is 10.2. The fraction of sp³-hybridized carbons (Fsp3) is 0.944. The molecule has 0 amide bonds. The highest BCUT2D eigenvalue weighted by Gasteiger charge is 2.12. The quantitative estimate of drug-likeness (QED) is 0.328. The van der Waals surface area contributed by atoms with E-state index >= 15 is 0 Å². The molecule has 0 aliphatic carbocycles. The summed E-state index contributed by atoms with van der Waals surface area (Å²) in [7, 11) is 4.02. The maximum Gasteiger partial charge on any atom is 0.191 e. The Morgan fingerprint density at radius 1 is 0.913 bits per heavy atom. The third-order valence-electron chi connectivity index (χ3n) is 4.12. The standard InChI is InChI=1S/C18H41N5/c1-8-9-13-22(7)15-12-21-18(19-6)20-11-10-14-23(16(2)3)17(4)5/h16-17H,8-15H2,1-7H3,(H2,19,20,21). The Hall–Kier alpha value is -0.810. The molecule has 0 fully saturated rings. The SMILES string of the molecule is CCCCN(C)CCNC(=NC)NCCCN(C(C)C)C(C)C. The molecule has 0 bridgehead atoms. The van der Waals surface area contributed by atoms with E-state index in [-0.39, 0.29) is 0 Å². The third-order valence-corrected chi connectivity index (χ3v) is 4.12. The maximum absolute atomic E-state index is 4.30. The van der Waals surface area contributed by atoms with Gasteiger partial charge in [0, 0.05) is 45.3 Å². The van der Waals surface area contributed by atoms with Gasteiger partial charge < -0.3 is 15.5 Å². The van der Waals surface area contributed by atoms with Crippen LogP contribution >= 0.6 is 0 Å². The van der Waals surface area contributed by atoms with Crippen molar-refractivity contribution in [3.8, 4) is 0 Å². The second kappa shape index (κ2) is 13.6. The van der Waals surface area contributed by atoms with Crippen LogP contribution in [0.4, 0.5) is 0 Å². The van der Waals surface area contributed by atoms with Crippen molar-refractivity contribution >= 4 is 5.96 Å². The molecule has 0 saturated carbocycles. The van der Waals surface area contributed by atoms with Gasteiger partial charge in [0.2, 0.25) is 0 Å². The lowest BCUT2D eigenvalue weighted by Crippen LogP contribution is -2.43. The Morgan fingerprint density at radius 3 is 2.04 bits per heavy atom. The molecule has 0 aliphatic heterocycles. The van der Waals surface area contributed by atoms with Gasteiger partial charge in [-0.15, -0.1) is 0 Å². The number of likely N-dealkylation sites (N-methyl/N-ethyl adjacent to an activating group) is 1. The van der Waals surface area contributed by atoms with Crippen molar-refractivity contribution in [3.63, 3.8) is 0 Å². The van der Waals surface area contributed by atoms with Crippen molar-refractivity contribution in [2.45, 2.75) is 66.0 Å². The molecule has 138 valence electrons. The highest BCUT2D eigenvalue weighted by molar-refractivity contribution is 5.79. The van der Waals surface area contributed by atoms with Crippen LogP contribution in [0.25, 0.3) is 0 Å². The van der Waals surface area contributed by atoms with E-state index in [9.17, 15) is 0 Å². The largest absolute Gasteiger partial charge is 0.356 e. The summed E-state index contributed by atoms with van der Waals surface area (Å²) < 4.78 is 0. The summed E-state index contributed by atoms with van der Waals surface area (Å²) in [5.74, 6) is 0.912. The summed E-state index contributed by atoms with van der Waals surface area (Å²) in [6.45, 7) is 16.5. The molecule has 0 unspecified atom stereocenters. The van der Waals surface area contributed by atoms with Gasteiger partial charge in [-0.1, -0.05) is 13.3 Å². The number of hydrogen-bond donors (Lipinski definition) is 2. The Labute approximate surface area is 144 Å². The monoisotopic (exact) mass is 327 g/mol. The number of guanidine groups is 1. The van der Waals surface area contributed by atoms with E-state index in [4.69, 9.17) is 0 Å². The van der Waals surface area contributed by atoms with E-state index in [2.05, 4.69) is 67.1 Å². The van der Waals surface area contributed by atoms with Gasteiger partial charge in [-0.05, 0) is 54.1 Å². The zero-order valence-electron chi connectivity index (χ0n) is 16.7. The van der Waals surface area contributed by atoms with Crippen LogP contribution in [0.5, 0.6) is 0 Å². The summed E-state index contributed by atoms with van der Waals surface area (Å²) >= 11 is 0. The smallest absolute Gasteiger partial charge is 0.191 e. The van der Waals surface area contributed by atoms with Gasteiger partial charge in [0.15, 0.2) is 5.96 Å². The number of hydrogen-bond acceptors (Lipinski definition) is 3. The molecule has 0 aromatic carbocycles. The van der Waals surface area contributed by atoms with Crippen LogP contribution < -0.4 is 10.6 Å². The summed E-state index contributed by atoms with van der Waals surface area (Å²) in [4.78, 5) is 9.19. The van der Waals surface area contributed by atoms with Crippen LogP contribution in [0.15, 0.2) is 4.99 Å². The second-order valence-electron chi connectivity index (χ2n) is 6.86. The highest BCUT2D eigenvalue weighted by Crippen LogP contribution is 2.05. The minimum Gasteiger partial charge on any atom is -0.356 e. The minimum absolute atomic E-state index is 0.603. The first kappa shape index (κ1) is 22.2.